The van der Waals surface area contributed by atoms with Crippen LogP contribution in [0.1, 0.15) is 20.8 Å². The van der Waals surface area contributed by atoms with Crippen molar-refractivity contribution in [3.8, 4) is 0 Å². The van der Waals surface area contributed by atoms with Crippen LogP contribution in [0.4, 0.5) is 0 Å². The number of H-pyrrole nitrogens is 1. The number of fused-ring (bicyclic) bond motifs is 1. The average molecular weight is 220 g/mol. The minimum Gasteiger partial charge on any atom is -0.462 e. The van der Waals surface area contributed by atoms with Crippen molar-refractivity contribution < 1.29 is 9.53 Å². The number of carbonyl (C=O) groups excluding carboxylic acids is 1. The molecule has 2 aromatic rings. The summed E-state index contributed by atoms with van der Waals surface area (Å²) in [6.45, 7) is 5.92. The van der Waals surface area contributed by atoms with Crippen LogP contribution in [0.3, 0.4) is 0 Å². The molecule has 0 aliphatic heterocycles. The lowest BCUT2D eigenvalue weighted by Gasteiger charge is -2.14. The lowest BCUT2D eigenvalue weighted by atomic mass is 10.2. The van der Waals surface area contributed by atoms with E-state index in [4.69, 9.17) is 0 Å². The van der Waals surface area contributed by atoms with Crippen molar-refractivity contribution in [2.24, 2.45) is 0 Å². The second-order valence-corrected chi connectivity index (χ2v) is 4.27. The van der Waals surface area contributed by atoms with E-state index >= 15 is 0 Å². The van der Waals surface area contributed by atoms with Crippen LogP contribution < -0.4 is 0 Å². The molecule has 0 unspecified atom stereocenters. The van der Waals surface area contributed by atoms with Gasteiger partial charge in [0.15, 0.2) is 0 Å². The summed E-state index contributed by atoms with van der Waals surface area (Å²) in [5.41, 5.74) is 0.826. The molecule has 0 spiro atoms. The molecule has 86 valence electrons. The van der Waals surface area contributed by atoms with E-state index in [1.807, 2.05) is 45.3 Å². The van der Waals surface area contributed by atoms with E-state index in [0.717, 1.165) is 10.9 Å². The molecule has 0 aromatic carbocycles. The van der Waals surface area contributed by atoms with E-state index in [1.165, 1.54) is 0 Å². The first kappa shape index (κ1) is 12.2. The Morgan fingerprint density at radius 1 is 1.38 bits per heavy atom. The van der Waals surface area contributed by atoms with E-state index in [9.17, 15) is 4.79 Å². The number of pyridine rings is 1. The zero-order chi connectivity index (χ0) is 12.0. The Hall–Kier alpha value is -1.84. The number of nitrogens with one attached hydrogen (secondary N) is 1. The Morgan fingerprint density at radius 2 is 2.12 bits per heavy atom. The standard InChI is InChI=1S/C7H6N2.C5H10O2/c1-4-9-7-2-3-8-5-6(1)7;1-5(2,3)7-4-6/h1-5,9H;4H,1-3H3. The maximum Gasteiger partial charge on any atom is 0.293 e. The molecule has 0 atom stereocenters. The summed E-state index contributed by atoms with van der Waals surface area (Å²) in [6.07, 6.45) is 5.52. The number of hydrogen-bond acceptors (Lipinski definition) is 3. The highest BCUT2D eigenvalue weighted by atomic mass is 16.5. The smallest absolute Gasteiger partial charge is 0.293 e. The summed E-state index contributed by atoms with van der Waals surface area (Å²) >= 11 is 0. The fourth-order valence-corrected chi connectivity index (χ4v) is 1.04. The van der Waals surface area contributed by atoms with Crippen LogP contribution in [0.5, 0.6) is 0 Å². The minimum absolute atomic E-state index is 0.318. The minimum atomic E-state index is -0.318. The SMILES string of the molecule is CC(C)(C)OC=O.c1cc2[nH]ccc2cn1. The van der Waals surface area contributed by atoms with E-state index in [1.54, 1.807) is 6.20 Å². The third-order valence-corrected chi connectivity index (χ3v) is 1.76. The van der Waals surface area contributed by atoms with Gasteiger partial charge in [-0.3, -0.25) is 9.78 Å². The van der Waals surface area contributed by atoms with E-state index in [2.05, 4.69) is 14.7 Å². The molecule has 2 rings (SSSR count). The maximum atomic E-state index is 9.60. The van der Waals surface area contributed by atoms with Crippen LogP contribution in [0.25, 0.3) is 10.9 Å². The van der Waals surface area contributed by atoms with E-state index in [0.29, 0.717) is 6.47 Å². The van der Waals surface area contributed by atoms with Gasteiger partial charge in [0, 0.05) is 29.5 Å². The number of aromatic nitrogens is 2. The molecule has 0 saturated carbocycles. The summed E-state index contributed by atoms with van der Waals surface area (Å²) in [5, 5.41) is 1.16. The van der Waals surface area contributed by atoms with Crippen LogP contribution in [0, 0.1) is 0 Å². The Bertz CT molecular complexity index is 413. The molecule has 1 N–H and O–H groups in total. The topological polar surface area (TPSA) is 55.0 Å². The van der Waals surface area contributed by atoms with Crippen LogP contribution in [-0.2, 0) is 9.53 Å². The number of rotatable bonds is 1. The Kier molecular flexibility index (Phi) is 4.05. The normalized spacial score (nSPS) is 10.4. The van der Waals surface area contributed by atoms with Crippen LogP contribution in [0.2, 0.25) is 0 Å². The van der Waals surface area contributed by atoms with Crippen molar-refractivity contribution in [3.05, 3.63) is 30.7 Å². The zero-order valence-corrected chi connectivity index (χ0v) is 9.73. The van der Waals surface area contributed by atoms with Crippen molar-refractivity contribution in [3.63, 3.8) is 0 Å². The highest BCUT2D eigenvalue weighted by Crippen LogP contribution is 2.07. The van der Waals surface area contributed by atoms with Crippen molar-refractivity contribution in [1.82, 2.24) is 9.97 Å². The van der Waals surface area contributed by atoms with E-state index in [-0.39, 0.29) is 5.60 Å². The second-order valence-electron chi connectivity index (χ2n) is 4.27. The molecule has 2 aromatic heterocycles. The van der Waals surface area contributed by atoms with Gasteiger partial charge in [-0.15, -0.1) is 0 Å². The van der Waals surface area contributed by atoms with Gasteiger partial charge >= 0.3 is 0 Å². The van der Waals surface area contributed by atoms with Gasteiger partial charge in [-0.1, -0.05) is 0 Å². The Morgan fingerprint density at radius 3 is 2.62 bits per heavy atom. The Balaban J connectivity index is 0.000000168. The molecule has 0 saturated heterocycles. The van der Waals surface area contributed by atoms with Crippen LogP contribution >= 0.6 is 0 Å². The molecule has 0 aliphatic carbocycles. The highest BCUT2D eigenvalue weighted by molar-refractivity contribution is 5.77. The third kappa shape index (κ3) is 4.13. The summed E-state index contributed by atoms with van der Waals surface area (Å²) in [4.78, 5) is 16.6. The fourth-order valence-electron chi connectivity index (χ4n) is 1.04. The van der Waals surface area contributed by atoms with Gasteiger partial charge < -0.3 is 9.72 Å². The van der Waals surface area contributed by atoms with Gasteiger partial charge in [-0.25, -0.2) is 0 Å². The van der Waals surface area contributed by atoms with Gasteiger partial charge in [0.2, 0.25) is 0 Å². The summed E-state index contributed by atoms with van der Waals surface area (Å²) in [7, 11) is 0. The molecule has 4 nitrogen and oxygen atoms in total. The van der Waals surface area contributed by atoms with Crippen molar-refractivity contribution in [2.45, 2.75) is 26.4 Å². The molecule has 0 aliphatic rings. The lowest BCUT2D eigenvalue weighted by Crippen LogP contribution is -2.17. The van der Waals surface area contributed by atoms with Gasteiger partial charge in [-0.05, 0) is 32.9 Å². The monoisotopic (exact) mass is 220 g/mol. The van der Waals surface area contributed by atoms with Crippen molar-refractivity contribution >= 4 is 17.4 Å². The molecular formula is C12H16N2O2. The lowest BCUT2D eigenvalue weighted by molar-refractivity contribution is -0.138. The molecule has 0 amide bonds. The predicted molar refractivity (Wildman–Crippen MR) is 63.0 cm³/mol. The summed E-state index contributed by atoms with van der Waals surface area (Å²) in [5.74, 6) is 0. The fraction of sp³-hybridized carbons (Fsp3) is 0.333. The van der Waals surface area contributed by atoms with Crippen LogP contribution in [-0.4, -0.2) is 22.0 Å². The highest BCUT2D eigenvalue weighted by Gasteiger charge is 2.07. The van der Waals surface area contributed by atoms with Crippen molar-refractivity contribution in [1.29, 1.82) is 0 Å². The van der Waals surface area contributed by atoms with Crippen LogP contribution in [0.15, 0.2) is 30.7 Å². The largest absolute Gasteiger partial charge is 0.462 e. The summed E-state index contributed by atoms with van der Waals surface area (Å²) in [6, 6.07) is 3.96. The van der Waals surface area contributed by atoms with Gasteiger partial charge in [0.05, 0.1) is 0 Å². The third-order valence-electron chi connectivity index (χ3n) is 1.76. The molecule has 0 fully saturated rings. The first-order valence-electron chi connectivity index (χ1n) is 5.01. The van der Waals surface area contributed by atoms with Gasteiger partial charge in [0.25, 0.3) is 6.47 Å². The quantitative estimate of drug-likeness (QED) is 0.751. The summed E-state index contributed by atoms with van der Waals surface area (Å²) < 4.78 is 4.55. The number of nitrogens with zero attached hydrogens (tertiary/aromatic N) is 1. The number of hydrogen-bond donors (Lipinski definition) is 1. The molecule has 0 bridgehead atoms. The molecule has 4 heteroatoms. The molecule has 2 heterocycles. The number of ether oxygens (including phenoxy) is 1. The molecule has 0 radical (unpaired) electrons. The predicted octanol–water partition coefficient (Wildman–Crippen LogP) is 2.52. The first-order chi connectivity index (χ1) is 7.53. The Labute approximate surface area is 94.6 Å². The average Bonchev–Trinajstić information content (AvgIpc) is 2.64. The first-order valence-corrected chi connectivity index (χ1v) is 5.01. The van der Waals surface area contributed by atoms with Gasteiger partial charge in [-0.2, -0.15) is 0 Å². The molecular weight excluding hydrogens is 204 g/mol. The van der Waals surface area contributed by atoms with E-state index < -0.39 is 0 Å². The van der Waals surface area contributed by atoms with Crippen molar-refractivity contribution in [2.75, 3.05) is 0 Å². The second kappa shape index (κ2) is 5.30. The molecule has 16 heavy (non-hydrogen) atoms. The zero-order valence-electron chi connectivity index (χ0n) is 9.73. The van der Waals surface area contributed by atoms with Gasteiger partial charge in [0.1, 0.15) is 5.60 Å². The number of carbonyl (C=O) groups is 1. The maximum absolute atomic E-state index is 9.60. The number of aromatic amines is 1.